The molecule has 23 heteroatoms. The van der Waals surface area contributed by atoms with Crippen LogP contribution < -0.4 is 0 Å². The normalized spacial score (nSPS) is 7.57. The summed E-state index contributed by atoms with van der Waals surface area (Å²) in [6.45, 7) is 0. The molecule has 0 saturated heterocycles. The van der Waals surface area contributed by atoms with Gasteiger partial charge in [0.25, 0.3) is 0 Å². The molecule has 2 radical (unpaired) electrons. The van der Waals surface area contributed by atoms with Gasteiger partial charge in [-0.25, -0.2) is 0 Å². The second-order valence-corrected chi connectivity index (χ2v) is 3.67. The van der Waals surface area contributed by atoms with Crippen LogP contribution >= 0.6 is 0 Å². The van der Waals surface area contributed by atoms with Gasteiger partial charge in [-0.3, -0.25) is 25.3 Å². The van der Waals surface area contributed by atoms with E-state index < -0.39 is 31.2 Å². The third-order valence-corrected chi connectivity index (χ3v) is 0. The summed E-state index contributed by atoms with van der Waals surface area (Å²) in [6.07, 6.45) is 0. The summed E-state index contributed by atoms with van der Waals surface area (Å²) in [4.78, 5) is 0. The third kappa shape index (κ3) is 32700. The largest absolute Gasteiger partial charge is 0.759 e. The van der Waals surface area contributed by atoms with Crippen molar-refractivity contribution in [2.45, 2.75) is 0 Å². The Labute approximate surface area is 153 Å². The van der Waals surface area contributed by atoms with Gasteiger partial charge in [0, 0.05) is 68.3 Å². The number of hydrogen-bond donors (Lipinski definition) is 0. The molecule has 0 heterocycles. The smallest absolute Gasteiger partial charge is 0.0311 e. The summed E-state index contributed by atoms with van der Waals surface area (Å²) < 4.78 is 102. The van der Waals surface area contributed by atoms with Crippen LogP contribution in [0.5, 0.6) is 0 Å². The zero-order chi connectivity index (χ0) is 13.5. The van der Waals surface area contributed by atoms with E-state index in [-0.39, 0.29) is 70.0 Å². The first-order chi connectivity index (χ1) is 6.00. The van der Waals surface area contributed by atoms with E-state index in [1.165, 1.54) is 0 Å². The maximum absolute atomic E-state index is 8.52. The molecule has 23 heavy (non-hydrogen) atoms. The molecule has 0 aliphatic carbocycles. The molecule has 0 unspecified atom stereocenters. The van der Waals surface area contributed by atoms with Crippen LogP contribution in [0.4, 0.5) is 0 Å². The Morgan fingerprint density at radius 1 is 0.348 bits per heavy atom. The molecule has 0 aliphatic heterocycles. The van der Waals surface area contributed by atoms with E-state index in [4.69, 9.17) is 52.6 Å². The third-order valence-electron chi connectivity index (χ3n) is 0. The fourth-order valence-corrected chi connectivity index (χ4v) is 0. The summed E-state index contributed by atoms with van der Waals surface area (Å²) >= 11 is 0. The standard InChI is InChI=1S/3H2O4S.6H2O.2V/c3*1-5(2,3)4;;;;;;;;/h3*(H2,1,2,3,4);6*1H2;;/p-6. The van der Waals surface area contributed by atoms with Gasteiger partial charge >= 0.3 is 0 Å². The molecular formula is H12O18S3V2-6. The molecule has 0 rings (SSSR count). The molecule has 154 valence electrons. The summed E-state index contributed by atoms with van der Waals surface area (Å²) in [6, 6.07) is 0. The van der Waals surface area contributed by atoms with Crippen LogP contribution in [-0.4, -0.2) is 85.4 Å². The summed E-state index contributed by atoms with van der Waals surface area (Å²) in [5.74, 6) is 0. The van der Waals surface area contributed by atoms with E-state index in [9.17, 15) is 0 Å². The van der Waals surface area contributed by atoms with Crippen molar-refractivity contribution in [3.05, 3.63) is 0 Å². The Morgan fingerprint density at radius 2 is 0.348 bits per heavy atom. The zero-order valence-corrected chi connectivity index (χ0v) is 15.3. The predicted octanol–water partition coefficient (Wildman–Crippen LogP) is -8.97. The minimum absolute atomic E-state index is 0. The fourth-order valence-electron chi connectivity index (χ4n) is 0. The molecule has 0 atom stereocenters. The summed E-state index contributed by atoms with van der Waals surface area (Å²) in [5, 5.41) is 0. The molecule has 0 spiro atoms. The van der Waals surface area contributed by atoms with Crippen molar-refractivity contribution < 1.29 is 123 Å². The van der Waals surface area contributed by atoms with E-state index in [0.717, 1.165) is 0 Å². The zero-order valence-electron chi connectivity index (χ0n) is 10.0. The van der Waals surface area contributed by atoms with E-state index in [1.54, 1.807) is 0 Å². The van der Waals surface area contributed by atoms with Gasteiger partial charge in [0.05, 0.1) is 0 Å². The van der Waals surface area contributed by atoms with Gasteiger partial charge in [0.1, 0.15) is 0 Å². The maximum Gasteiger partial charge on any atom is 0.0311 e. The summed E-state index contributed by atoms with van der Waals surface area (Å²) in [7, 11) is -15.5. The van der Waals surface area contributed by atoms with E-state index >= 15 is 0 Å². The summed E-state index contributed by atoms with van der Waals surface area (Å²) in [5.41, 5.74) is 0. The van der Waals surface area contributed by atoms with Crippen LogP contribution in [0, 0.1) is 0 Å². The van der Waals surface area contributed by atoms with Gasteiger partial charge in [-0.15, -0.1) is 0 Å². The molecule has 0 bridgehead atoms. The second-order valence-electron chi connectivity index (χ2n) is 1.22. The van der Waals surface area contributed by atoms with Crippen LogP contribution in [0.1, 0.15) is 0 Å². The van der Waals surface area contributed by atoms with E-state index in [1.807, 2.05) is 0 Å². The van der Waals surface area contributed by atoms with Gasteiger partial charge < -0.3 is 60.2 Å². The first kappa shape index (κ1) is 76.1. The van der Waals surface area contributed by atoms with Crippen LogP contribution in [0.25, 0.3) is 0 Å². The van der Waals surface area contributed by atoms with Crippen molar-refractivity contribution in [3.8, 4) is 0 Å². The molecule has 18 nitrogen and oxygen atoms in total. The molecule has 0 fully saturated rings. The Hall–Kier alpha value is 0.539. The quantitative estimate of drug-likeness (QED) is 0.222. The Morgan fingerprint density at radius 3 is 0.348 bits per heavy atom. The van der Waals surface area contributed by atoms with Crippen molar-refractivity contribution >= 4 is 31.2 Å². The minimum Gasteiger partial charge on any atom is -0.759 e. The Bertz CT molecular complexity index is 343. The molecule has 0 aromatic heterocycles. The molecule has 12 N–H and O–H groups in total. The van der Waals surface area contributed by atoms with Gasteiger partial charge in [0.15, 0.2) is 0 Å². The Kier molecular flexibility index (Phi) is 101. The topological polar surface area (TPSA) is 430 Å². The average Bonchev–Trinajstić information content (AvgIpc) is 1.41. The van der Waals surface area contributed by atoms with E-state index in [0.29, 0.717) is 0 Å². The van der Waals surface area contributed by atoms with Gasteiger partial charge in [0.2, 0.25) is 0 Å². The monoisotopic (exact) mass is 498 g/mol. The predicted molar refractivity (Wildman–Crippen MR) is 53.1 cm³/mol. The van der Waals surface area contributed by atoms with Crippen molar-refractivity contribution in [3.63, 3.8) is 0 Å². The Balaban J connectivity index is -0.00000000889. The van der Waals surface area contributed by atoms with E-state index in [2.05, 4.69) is 0 Å². The first-order valence-electron chi connectivity index (χ1n) is 2.00. The van der Waals surface area contributed by atoms with Gasteiger partial charge in [-0.2, -0.15) is 0 Å². The molecule has 0 amide bonds. The molecule has 0 aromatic carbocycles. The van der Waals surface area contributed by atoms with Crippen LogP contribution in [0.3, 0.4) is 0 Å². The maximum atomic E-state index is 8.52. The number of hydrogen-bond acceptors (Lipinski definition) is 12. The molecule has 0 saturated carbocycles. The average molecular weight is 498 g/mol. The molecular weight excluding hydrogens is 486 g/mol. The van der Waals surface area contributed by atoms with Crippen LogP contribution in [0.15, 0.2) is 0 Å². The first-order valence-corrected chi connectivity index (χ1v) is 6.00. The van der Waals surface area contributed by atoms with Crippen LogP contribution in [0.2, 0.25) is 0 Å². The number of rotatable bonds is 0. The molecule has 0 aliphatic rings. The minimum atomic E-state index is -5.17. The van der Waals surface area contributed by atoms with Crippen molar-refractivity contribution in [2.75, 3.05) is 0 Å². The fraction of sp³-hybridized carbons (Fsp3) is 0. The van der Waals surface area contributed by atoms with Crippen molar-refractivity contribution in [1.82, 2.24) is 0 Å². The second kappa shape index (κ2) is 30.4. The van der Waals surface area contributed by atoms with Gasteiger partial charge in [-0.1, -0.05) is 0 Å². The SMILES string of the molecule is O.O.O.O.O.O.O=S(=O)([O-])[O-].O=S(=O)([O-])[O-].O=S(=O)([O-])[O-].[V].[V]. The molecule has 0 aromatic rings. The van der Waals surface area contributed by atoms with Crippen molar-refractivity contribution in [2.24, 2.45) is 0 Å². The van der Waals surface area contributed by atoms with Crippen LogP contribution in [-0.2, 0) is 68.3 Å². The van der Waals surface area contributed by atoms with Gasteiger partial charge in [-0.05, 0) is 0 Å². The van der Waals surface area contributed by atoms with Crippen molar-refractivity contribution in [1.29, 1.82) is 0 Å².